The highest BCUT2D eigenvalue weighted by atomic mass is 32.2. The Morgan fingerprint density at radius 3 is 2.45 bits per heavy atom. The molecule has 2 nitrogen and oxygen atoms in total. The third kappa shape index (κ3) is 4.30. The minimum atomic E-state index is -0.696. The molecule has 0 radical (unpaired) electrons. The van der Waals surface area contributed by atoms with Crippen molar-refractivity contribution in [2.75, 3.05) is 12.0 Å². The molecule has 0 atom stereocenters. The normalized spacial score (nSPS) is 11.5. The van der Waals surface area contributed by atoms with E-state index in [1.165, 1.54) is 0 Å². The minimum absolute atomic E-state index is 0.546. The zero-order chi connectivity index (χ0) is 8.91. The van der Waals surface area contributed by atoms with Crippen molar-refractivity contribution in [3.8, 4) is 0 Å². The van der Waals surface area contributed by atoms with Gasteiger partial charge in [-0.2, -0.15) is 11.8 Å². The molecule has 0 fully saturated rings. The summed E-state index contributed by atoms with van der Waals surface area (Å²) in [6.45, 7) is 3.55. The van der Waals surface area contributed by atoms with Crippen molar-refractivity contribution in [3.63, 3.8) is 0 Å². The average Bonchev–Trinajstić information content (AvgIpc) is 1.88. The largest absolute Gasteiger partial charge is 0.481 e. The molecule has 0 aliphatic rings. The Hall–Kier alpha value is -0.180. The Kier molecular flexibility index (Phi) is 4.57. The number of aliphatic carboxylic acids is 1. The van der Waals surface area contributed by atoms with Crippen molar-refractivity contribution >= 4 is 17.7 Å². The lowest BCUT2D eigenvalue weighted by atomic mass is 9.88. The lowest BCUT2D eigenvalue weighted by Gasteiger charge is -2.17. The van der Waals surface area contributed by atoms with Crippen LogP contribution in [-0.2, 0) is 4.79 Å². The standard InChI is InChI=1S/C8H16O2S/c1-8(2,7(9)10)5-4-6-11-3/h4-6H2,1-3H3,(H,9,10). The van der Waals surface area contributed by atoms with E-state index < -0.39 is 11.4 Å². The van der Waals surface area contributed by atoms with Gasteiger partial charge < -0.3 is 5.11 Å². The first-order valence-electron chi connectivity index (χ1n) is 3.73. The van der Waals surface area contributed by atoms with Crippen LogP contribution >= 0.6 is 11.8 Å². The monoisotopic (exact) mass is 176 g/mol. The Morgan fingerprint density at radius 1 is 1.55 bits per heavy atom. The first kappa shape index (κ1) is 10.8. The topological polar surface area (TPSA) is 37.3 Å². The molecule has 0 aromatic carbocycles. The molecule has 0 aromatic heterocycles. The number of hydrogen-bond acceptors (Lipinski definition) is 2. The highest BCUT2D eigenvalue weighted by Gasteiger charge is 2.25. The van der Waals surface area contributed by atoms with Gasteiger partial charge >= 0.3 is 5.97 Å². The maximum absolute atomic E-state index is 10.6. The molecule has 0 amide bonds. The summed E-state index contributed by atoms with van der Waals surface area (Å²) in [5.74, 6) is 0.357. The minimum Gasteiger partial charge on any atom is -0.481 e. The van der Waals surface area contributed by atoms with E-state index >= 15 is 0 Å². The Morgan fingerprint density at radius 2 is 2.09 bits per heavy atom. The number of hydrogen-bond donors (Lipinski definition) is 1. The lowest BCUT2D eigenvalue weighted by Crippen LogP contribution is -2.23. The third-order valence-corrected chi connectivity index (χ3v) is 2.43. The van der Waals surface area contributed by atoms with Crippen LogP contribution in [-0.4, -0.2) is 23.1 Å². The van der Waals surface area contributed by atoms with E-state index in [1.807, 2.05) is 6.26 Å². The zero-order valence-electron chi connectivity index (χ0n) is 7.39. The van der Waals surface area contributed by atoms with E-state index in [0.29, 0.717) is 0 Å². The molecule has 0 heterocycles. The van der Waals surface area contributed by atoms with Crippen molar-refractivity contribution < 1.29 is 9.90 Å². The van der Waals surface area contributed by atoms with Gasteiger partial charge in [-0.25, -0.2) is 0 Å². The van der Waals surface area contributed by atoms with E-state index in [0.717, 1.165) is 18.6 Å². The number of thioether (sulfide) groups is 1. The van der Waals surface area contributed by atoms with Gasteiger partial charge in [-0.05, 0) is 38.7 Å². The molecule has 0 saturated carbocycles. The molecular weight excluding hydrogens is 160 g/mol. The van der Waals surface area contributed by atoms with Crippen molar-refractivity contribution in [2.24, 2.45) is 5.41 Å². The van der Waals surface area contributed by atoms with Crippen molar-refractivity contribution in [1.29, 1.82) is 0 Å². The fraction of sp³-hybridized carbons (Fsp3) is 0.875. The summed E-state index contributed by atoms with van der Waals surface area (Å²) in [4.78, 5) is 10.6. The summed E-state index contributed by atoms with van der Waals surface area (Å²) >= 11 is 1.76. The molecule has 0 aromatic rings. The van der Waals surface area contributed by atoms with Gasteiger partial charge in [0.1, 0.15) is 0 Å². The van der Waals surface area contributed by atoms with Gasteiger partial charge in [0, 0.05) is 0 Å². The van der Waals surface area contributed by atoms with Crippen LogP contribution in [0.15, 0.2) is 0 Å². The maximum Gasteiger partial charge on any atom is 0.309 e. The van der Waals surface area contributed by atoms with Crippen molar-refractivity contribution in [2.45, 2.75) is 26.7 Å². The van der Waals surface area contributed by atoms with Gasteiger partial charge in [0.05, 0.1) is 5.41 Å². The van der Waals surface area contributed by atoms with Gasteiger partial charge in [-0.15, -0.1) is 0 Å². The van der Waals surface area contributed by atoms with Crippen LogP contribution in [0.25, 0.3) is 0 Å². The van der Waals surface area contributed by atoms with E-state index in [-0.39, 0.29) is 0 Å². The van der Waals surface area contributed by atoms with Crippen LogP contribution in [0.2, 0.25) is 0 Å². The number of rotatable bonds is 5. The molecule has 3 heteroatoms. The summed E-state index contributed by atoms with van der Waals surface area (Å²) in [5.41, 5.74) is -0.546. The fourth-order valence-corrected chi connectivity index (χ4v) is 1.20. The van der Waals surface area contributed by atoms with Gasteiger partial charge in [0.15, 0.2) is 0 Å². The van der Waals surface area contributed by atoms with Crippen molar-refractivity contribution in [1.82, 2.24) is 0 Å². The molecule has 0 saturated heterocycles. The Bertz CT molecular complexity index is 132. The Balaban J connectivity index is 3.64. The molecule has 0 spiro atoms. The molecule has 11 heavy (non-hydrogen) atoms. The van der Waals surface area contributed by atoms with Gasteiger partial charge in [0.25, 0.3) is 0 Å². The Labute approximate surface area is 72.4 Å². The third-order valence-electron chi connectivity index (χ3n) is 1.73. The quantitative estimate of drug-likeness (QED) is 0.653. The molecule has 0 aliphatic carbocycles. The average molecular weight is 176 g/mol. The first-order valence-corrected chi connectivity index (χ1v) is 5.12. The van der Waals surface area contributed by atoms with Crippen LogP contribution in [0.5, 0.6) is 0 Å². The molecule has 1 N–H and O–H groups in total. The molecule has 66 valence electrons. The van der Waals surface area contributed by atoms with E-state index in [1.54, 1.807) is 25.6 Å². The molecule has 0 rings (SSSR count). The first-order chi connectivity index (χ1) is 5.00. The lowest BCUT2D eigenvalue weighted by molar-refractivity contribution is -0.147. The number of carbonyl (C=O) groups is 1. The summed E-state index contributed by atoms with van der Waals surface area (Å²) < 4.78 is 0. The summed E-state index contributed by atoms with van der Waals surface area (Å²) in [6.07, 6.45) is 3.79. The summed E-state index contributed by atoms with van der Waals surface area (Å²) in [6, 6.07) is 0. The van der Waals surface area contributed by atoms with Crippen LogP contribution in [0, 0.1) is 5.41 Å². The van der Waals surface area contributed by atoms with Gasteiger partial charge in [0.2, 0.25) is 0 Å². The molecular formula is C8H16O2S. The SMILES string of the molecule is CSCCCC(C)(C)C(=O)O. The van der Waals surface area contributed by atoms with Crippen molar-refractivity contribution in [3.05, 3.63) is 0 Å². The number of carboxylic acids is 1. The smallest absolute Gasteiger partial charge is 0.309 e. The van der Waals surface area contributed by atoms with Crippen LogP contribution in [0.4, 0.5) is 0 Å². The van der Waals surface area contributed by atoms with Crippen LogP contribution in [0.1, 0.15) is 26.7 Å². The van der Waals surface area contributed by atoms with E-state index in [2.05, 4.69) is 0 Å². The van der Waals surface area contributed by atoms with Crippen LogP contribution in [0.3, 0.4) is 0 Å². The summed E-state index contributed by atoms with van der Waals surface area (Å²) in [7, 11) is 0. The molecule has 0 aliphatic heterocycles. The zero-order valence-corrected chi connectivity index (χ0v) is 8.20. The summed E-state index contributed by atoms with van der Waals surface area (Å²) in [5, 5.41) is 8.73. The molecule has 0 unspecified atom stereocenters. The second kappa shape index (κ2) is 4.65. The highest BCUT2D eigenvalue weighted by Crippen LogP contribution is 2.22. The maximum atomic E-state index is 10.6. The van der Waals surface area contributed by atoms with Crippen LogP contribution < -0.4 is 0 Å². The second-order valence-corrected chi connectivity index (χ2v) is 4.27. The predicted molar refractivity (Wildman–Crippen MR) is 49.0 cm³/mol. The molecule has 0 bridgehead atoms. The predicted octanol–water partition coefficient (Wildman–Crippen LogP) is 2.24. The van der Waals surface area contributed by atoms with E-state index in [9.17, 15) is 4.79 Å². The number of carboxylic acid groups (broad SMARTS) is 1. The van der Waals surface area contributed by atoms with E-state index in [4.69, 9.17) is 5.11 Å². The fourth-order valence-electron chi connectivity index (χ4n) is 0.765. The van der Waals surface area contributed by atoms with Gasteiger partial charge in [-0.1, -0.05) is 0 Å². The second-order valence-electron chi connectivity index (χ2n) is 3.29. The van der Waals surface area contributed by atoms with Gasteiger partial charge in [-0.3, -0.25) is 4.79 Å². The highest BCUT2D eigenvalue weighted by molar-refractivity contribution is 7.98.